The number of alkyl halides is 3. The number of carbonyl (C=O) groups excluding carboxylic acids is 1. The molecule has 8 heteroatoms. The van der Waals surface area contributed by atoms with Gasteiger partial charge in [0.05, 0.1) is 23.2 Å². The Kier molecular flexibility index (Phi) is 5.14. The van der Waals surface area contributed by atoms with E-state index < -0.39 is 11.7 Å². The standard InChI is InChI=1S/C22H15F3N4O/c23-22(24,25)17-7-4-14(5-8-17)18-9-6-15-2-1-3-16(21(15)28-18)12-20(30)29-19-10-11-26-13-27-19/h1-11,13H,12H2,(H,26,27,29,30). The zero-order valence-corrected chi connectivity index (χ0v) is 15.5. The first kappa shape index (κ1) is 19.5. The fourth-order valence-electron chi connectivity index (χ4n) is 3.07. The third-order valence-corrected chi connectivity index (χ3v) is 4.51. The Morgan fingerprint density at radius 3 is 2.47 bits per heavy atom. The summed E-state index contributed by atoms with van der Waals surface area (Å²) in [6, 6.07) is 15.5. The summed E-state index contributed by atoms with van der Waals surface area (Å²) in [5.41, 5.74) is 1.69. The van der Waals surface area contributed by atoms with Gasteiger partial charge < -0.3 is 5.32 Å². The number of pyridine rings is 1. The summed E-state index contributed by atoms with van der Waals surface area (Å²) in [5, 5.41) is 3.53. The van der Waals surface area contributed by atoms with E-state index in [1.165, 1.54) is 24.7 Å². The number of amides is 1. The van der Waals surface area contributed by atoms with Gasteiger partial charge in [-0.3, -0.25) is 4.79 Å². The molecule has 30 heavy (non-hydrogen) atoms. The molecule has 0 aliphatic carbocycles. The molecule has 0 saturated carbocycles. The molecule has 1 amide bonds. The predicted octanol–water partition coefficient (Wildman–Crippen LogP) is 4.89. The third-order valence-electron chi connectivity index (χ3n) is 4.51. The quantitative estimate of drug-likeness (QED) is 0.522. The van der Waals surface area contributed by atoms with Crippen LogP contribution in [0.3, 0.4) is 0 Å². The number of fused-ring (bicyclic) bond motifs is 1. The van der Waals surface area contributed by atoms with Crippen molar-refractivity contribution in [3.63, 3.8) is 0 Å². The third kappa shape index (κ3) is 4.27. The maximum absolute atomic E-state index is 12.8. The highest BCUT2D eigenvalue weighted by molar-refractivity contribution is 5.95. The van der Waals surface area contributed by atoms with Gasteiger partial charge in [-0.05, 0) is 29.8 Å². The highest BCUT2D eigenvalue weighted by Crippen LogP contribution is 2.31. The van der Waals surface area contributed by atoms with Gasteiger partial charge in [0.15, 0.2) is 0 Å². The molecule has 5 nitrogen and oxygen atoms in total. The van der Waals surface area contributed by atoms with Crippen LogP contribution in [0.25, 0.3) is 22.2 Å². The number of halogens is 3. The molecule has 4 rings (SSSR count). The van der Waals surface area contributed by atoms with Crippen molar-refractivity contribution >= 4 is 22.6 Å². The van der Waals surface area contributed by atoms with Crippen molar-refractivity contribution in [1.82, 2.24) is 15.0 Å². The lowest BCUT2D eigenvalue weighted by atomic mass is 10.0. The van der Waals surface area contributed by atoms with E-state index in [1.807, 2.05) is 18.2 Å². The van der Waals surface area contributed by atoms with Crippen molar-refractivity contribution in [2.24, 2.45) is 0 Å². The van der Waals surface area contributed by atoms with Crippen LogP contribution in [-0.4, -0.2) is 20.9 Å². The van der Waals surface area contributed by atoms with Crippen LogP contribution < -0.4 is 5.32 Å². The number of benzene rings is 2. The van der Waals surface area contributed by atoms with E-state index in [2.05, 4.69) is 20.3 Å². The van der Waals surface area contributed by atoms with Crippen molar-refractivity contribution < 1.29 is 18.0 Å². The second kappa shape index (κ2) is 7.90. The highest BCUT2D eigenvalue weighted by Gasteiger charge is 2.30. The average Bonchev–Trinajstić information content (AvgIpc) is 2.74. The van der Waals surface area contributed by atoms with Crippen LogP contribution in [0.1, 0.15) is 11.1 Å². The van der Waals surface area contributed by atoms with Gasteiger partial charge in [-0.1, -0.05) is 36.4 Å². The van der Waals surface area contributed by atoms with Gasteiger partial charge in [-0.25, -0.2) is 15.0 Å². The van der Waals surface area contributed by atoms with E-state index in [-0.39, 0.29) is 12.3 Å². The van der Waals surface area contributed by atoms with E-state index in [9.17, 15) is 18.0 Å². The average molecular weight is 408 g/mol. The fourth-order valence-corrected chi connectivity index (χ4v) is 3.07. The maximum atomic E-state index is 12.8. The SMILES string of the molecule is O=C(Cc1cccc2ccc(-c3ccc(C(F)(F)F)cc3)nc12)Nc1ccncn1. The number of carbonyl (C=O) groups is 1. The molecule has 150 valence electrons. The van der Waals surface area contributed by atoms with Crippen LogP contribution in [0.15, 0.2) is 73.2 Å². The summed E-state index contributed by atoms with van der Waals surface area (Å²) in [5.74, 6) is 0.136. The van der Waals surface area contributed by atoms with Gasteiger partial charge >= 0.3 is 6.18 Å². The number of anilines is 1. The molecular formula is C22H15F3N4O. The van der Waals surface area contributed by atoms with E-state index >= 15 is 0 Å². The van der Waals surface area contributed by atoms with Gasteiger partial charge in [-0.15, -0.1) is 0 Å². The number of para-hydroxylation sites is 1. The second-order valence-electron chi connectivity index (χ2n) is 6.58. The first-order valence-corrected chi connectivity index (χ1v) is 9.02. The zero-order valence-electron chi connectivity index (χ0n) is 15.5. The molecule has 0 aliphatic rings. The Labute approximate surface area is 169 Å². The minimum absolute atomic E-state index is 0.0742. The normalized spacial score (nSPS) is 11.4. The molecule has 2 heterocycles. The lowest BCUT2D eigenvalue weighted by Gasteiger charge is -2.10. The molecule has 0 unspecified atom stereocenters. The van der Waals surface area contributed by atoms with Crippen molar-refractivity contribution in [1.29, 1.82) is 0 Å². The Morgan fingerprint density at radius 2 is 1.77 bits per heavy atom. The van der Waals surface area contributed by atoms with Crippen molar-refractivity contribution in [3.05, 3.63) is 84.3 Å². The second-order valence-corrected chi connectivity index (χ2v) is 6.58. The molecule has 0 saturated heterocycles. The molecule has 0 spiro atoms. The van der Waals surface area contributed by atoms with E-state index in [1.54, 1.807) is 18.2 Å². The molecule has 0 fully saturated rings. The molecule has 4 aromatic rings. The summed E-state index contributed by atoms with van der Waals surface area (Å²) < 4.78 is 38.4. The van der Waals surface area contributed by atoms with Crippen LogP contribution in [0.4, 0.5) is 19.0 Å². The summed E-state index contributed by atoms with van der Waals surface area (Å²) in [4.78, 5) is 24.8. The van der Waals surface area contributed by atoms with Gasteiger partial charge in [-0.2, -0.15) is 13.2 Å². The van der Waals surface area contributed by atoms with Crippen LogP contribution in [0.5, 0.6) is 0 Å². The van der Waals surface area contributed by atoms with E-state index in [0.717, 1.165) is 17.5 Å². The van der Waals surface area contributed by atoms with Crippen molar-refractivity contribution in [3.8, 4) is 11.3 Å². The maximum Gasteiger partial charge on any atom is 0.416 e. The lowest BCUT2D eigenvalue weighted by Crippen LogP contribution is -2.15. The number of nitrogens with one attached hydrogen (secondary N) is 1. The Hall–Kier alpha value is -3.81. The largest absolute Gasteiger partial charge is 0.416 e. The fraction of sp³-hybridized carbons (Fsp3) is 0.0909. The molecule has 1 N–H and O–H groups in total. The van der Waals surface area contributed by atoms with Gasteiger partial charge in [0.25, 0.3) is 0 Å². The van der Waals surface area contributed by atoms with Crippen LogP contribution >= 0.6 is 0 Å². The van der Waals surface area contributed by atoms with Crippen LogP contribution in [-0.2, 0) is 17.4 Å². The Morgan fingerprint density at radius 1 is 0.967 bits per heavy atom. The molecule has 2 aromatic carbocycles. The number of nitrogens with zero attached hydrogens (tertiary/aromatic N) is 3. The Balaban J connectivity index is 1.63. The number of aromatic nitrogens is 3. The number of hydrogen-bond donors (Lipinski definition) is 1. The zero-order chi connectivity index (χ0) is 21.1. The van der Waals surface area contributed by atoms with Gasteiger partial charge in [0, 0.05) is 17.1 Å². The van der Waals surface area contributed by atoms with Gasteiger partial charge in [0.1, 0.15) is 12.1 Å². The topological polar surface area (TPSA) is 67.8 Å². The summed E-state index contributed by atoms with van der Waals surface area (Å²) in [6.07, 6.45) is -1.45. The minimum Gasteiger partial charge on any atom is -0.310 e. The van der Waals surface area contributed by atoms with Crippen LogP contribution in [0.2, 0.25) is 0 Å². The predicted molar refractivity (Wildman–Crippen MR) is 107 cm³/mol. The monoisotopic (exact) mass is 408 g/mol. The molecule has 0 atom stereocenters. The van der Waals surface area contributed by atoms with Crippen molar-refractivity contribution in [2.45, 2.75) is 12.6 Å². The van der Waals surface area contributed by atoms with Crippen molar-refractivity contribution in [2.75, 3.05) is 5.32 Å². The first-order chi connectivity index (χ1) is 14.4. The lowest BCUT2D eigenvalue weighted by molar-refractivity contribution is -0.137. The first-order valence-electron chi connectivity index (χ1n) is 9.02. The summed E-state index contributed by atoms with van der Waals surface area (Å²) in [6.45, 7) is 0. The summed E-state index contributed by atoms with van der Waals surface area (Å²) >= 11 is 0. The number of rotatable bonds is 4. The molecule has 0 bridgehead atoms. The van der Waals surface area contributed by atoms with Crippen LogP contribution in [0, 0.1) is 0 Å². The minimum atomic E-state index is -4.39. The highest BCUT2D eigenvalue weighted by atomic mass is 19.4. The van der Waals surface area contributed by atoms with Gasteiger partial charge in [0.2, 0.25) is 5.91 Å². The van der Waals surface area contributed by atoms with E-state index in [0.29, 0.717) is 28.2 Å². The molecular weight excluding hydrogens is 393 g/mol. The Bertz CT molecular complexity index is 1190. The van der Waals surface area contributed by atoms with E-state index in [4.69, 9.17) is 0 Å². The smallest absolute Gasteiger partial charge is 0.310 e. The molecule has 2 aromatic heterocycles. The number of hydrogen-bond acceptors (Lipinski definition) is 4. The summed E-state index contributed by atoms with van der Waals surface area (Å²) in [7, 11) is 0. The molecule has 0 aliphatic heterocycles. The molecule has 0 radical (unpaired) electrons.